The third-order valence-electron chi connectivity index (χ3n) is 4.65. The van der Waals surface area contributed by atoms with Gasteiger partial charge in [-0.25, -0.2) is 0 Å². The highest BCUT2D eigenvalue weighted by molar-refractivity contribution is 5.79. The molecule has 1 aromatic carbocycles. The third-order valence-corrected chi connectivity index (χ3v) is 4.65. The molecule has 21 heavy (non-hydrogen) atoms. The molecule has 1 N–H and O–H groups in total. The Balaban J connectivity index is 1.55. The minimum Gasteiger partial charge on any atom is -0.337 e. The lowest BCUT2D eigenvalue weighted by atomic mass is 10.0. The number of nitrogens with one attached hydrogen (secondary N) is 1. The molecule has 114 valence electrons. The fourth-order valence-corrected chi connectivity index (χ4v) is 3.45. The molecule has 2 aliphatic heterocycles. The Hall–Kier alpha value is -1.39. The van der Waals surface area contributed by atoms with Crippen LogP contribution in [0.2, 0.25) is 0 Å². The van der Waals surface area contributed by atoms with Gasteiger partial charge in [-0.2, -0.15) is 0 Å². The molecule has 2 heterocycles. The molecule has 4 nitrogen and oxygen atoms in total. The first-order valence-electron chi connectivity index (χ1n) is 8.01. The lowest BCUT2D eigenvalue weighted by Gasteiger charge is -2.41. The molecule has 2 saturated heterocycles. The van der Waals surface area contributed by atoms with Crippen molar-refractivity contribution in [1.29, 1.82) is 0 Å². The van der Waals surface area contributed by atoms with E-state index in [2.05, 4.69) is 52.4 Å². The van der Waals surface area contributed by atoms with Gasteiger partial charge in [-0.3, -0.25) is 9.69 Å². The van der Waals surface area contributed by atoms with Crippen LogP contribution in [0, 0.1) is 5.92 Å². The fraction of sp³-hybridized carbons (Fsp3) is 0.588. The molecule has 2 aliphatic rings. The minimum absolute atomic E-state index is 0.202. The standard InChI is InChI=1S/C17H25N3O/c1-14-12-19(13-15-5-3-2-4-6-15)9-10-20(14)17(21)16-7-8-18-11-16/h2-6,14,16,18H,7-13H2,1H3/t14-,16-/m1/s1. The maximum absolute atomic E-state index is 12.5. The Labute approximate surface area is 127 Å². The number of benzene rings is 1. The van der Waals surface area contributed by atoms with Gasteiger partial charge in [0.25, 0.3) is 0 Å². The average molecular weight is 287 g/mol. The van der Waals surface area contributed by atoms with Crippen molar-refractivity contribution in [2.75, 3.05) is 32.7 Å². The second-order valence-corrected chi connectivity index (χ2v) is 6.29. The molecule has 3 rings (SSSR count). The van der Waals surface area contributed by atoms with E-state index < -0.39 is 0 Å². The summed E-state index contributed by atoms with van der Waals surface area (Å²) >= 11 is 0. The molecule has 0 unspecified atom stereocenters. The van der Waals surface area contributed by atoms with Gasteiger partial charge >= 0.3 is 0 Å². The molecule has 0 radical (unpaired) electrons. The maximum Gasteiger partial charge on any atom is 0.227 e. The Morgan fingerprint density at radius 1 is 1.29 bits per heavy atom. The largest absolute Gasteiger partial charge is 0.337 e. The van der Waals surface area contributed by atoms with Crippen molar-refractivity contribution in [3.63, 3.8) is 0 Å². The van der Waals surface area contributed by atoms with E-state index in [9.17, 15) is 4.79 Å². The molecular formula is C17H25N3O. The van der Waals surface area contributed by atoms with Crippen LogP contribution in [0.5, 0.6) is 0 Å². The van der Waals surface area contributed by atoms with Gasteiger partial charge in [-0.15, -0.1) is 0 Å². The predicted molar refractivity (Wildman–Crippen MR) is 83.9 cm³/mol. The number of piperazine rings is 1. The van der Waals surface area contributed by atoms with Crippen LogP contribution in [0.15, 0.2) is 30.3 Å². The summed E-state index contributed by atoms with van der Waals surface area (Å²) in [5, 5.41) is 3.29. The Morgan fingerprint density at radius 3 is 2.76 bits per heavy atom. The van der Waals surface area contributed by atoms with E-state index in [0.29, 0.717) is 11.9 Å². The SMILES string of the molecule is C[C@@H]1CN(Cc2ccccc2)CCN1C(=O)[C@@H]1CCNC1. The summed E-state index contributed by atoms with van der Waals surface area (Å²) in [4.78, 5) is 17.1. The minimum atomic E-state index is 0.202. The lowest BCUT2D eigenvalue weighted by molar-refractivity contribution is -0.139. The van der Waals surface area contributed by atoms with Crippen molar-refractivity contribution in [3.8, 4) is 0 Å². The predicted octanol–water partition coefficient (Wildman–Crippen LogP) is 1.33. The van der Waals surface area contributed by atoms with E-state index in [1.165, 1.54) is 5.56 Å². The van der Waals surface area contributed by atoms with Crippen molar-refractivity contribution in [3.05, 3.63) is 35.9 Å². The summed E-state index contributed by atoms with van der Waals surface area (Å²) in [7, 11) is 0. The number of carbonyl (C=O) groups excluding carboxylic acids is 1. The Morgan fingerprint density at radius 2 is 2.10 bits per heavy atom. The van der Waals surface area contributed by atoms with Crippen LogP contribution >= 0.6 is 0 Å². The van der Waals surface area contributed by atoms with Gasteiger partial charge in [0.15, 0.2) is 0 Å². The first-order valence-corrected chi connectivity index (χ1v) is 8.01. The van der Waals surface area contributed by atoms with Gasteiger partial charge in [-0.05, 0) is 25.5 Å². The summed E-state index contributed by atoms with van der Waals surface area (Å²) in [6.45, 7) is 7.82. The zero-order valence-electron chi connectivity index (χ0n) is 12.8. The lowest BCUT2D eigenvalue weighted by Crippen LogP contribution is -2.55. The number of rotatable bonds is 3. The molecule has 0 aliphatic carbocycles. The first kappa shape index (κ1) is 14.5. The van der Waals surface area contributed by atoms with Crippen molar-refractivity contribution in [2.45, 2.75) is 25.9 Å². The second kappa shape index (κ2) is 6.58. The monoisotopic (exact) mass is 287 g/mol. The molecule has 0 spiro atoms. The third kappa shape index (κ3) is 3.44. The highest BCUT2D eigenvalue weighted by atomic mass is 16.2. The first-order chi connectivity index (χ1) is 10.2. The van der Waals surface area contributed by atoms with Gasteiger partial charge in [0.2, 0.25) is 5.91 Å². The number of hydrogen-bond acceptors (Lipinski definition) is 3. The van der Waals surface area contributed by atoms with E-state index in [4.69, 9.17) is 0 Å². The van der Waals surface area contributed by atoms with Crippen LogP contribution in [0.3, 0.4) is 0 Å². The quantitative estimate of drug-likeness (QED) is 0.911. The zero-order chi connectivity index (χ0) is 14.7. The summed E-state index contributed by atoms with van der Waals surface area (Å²) in [6.07, 6.45) is 0.996. The number of amides is 1. The summed E-state index contributed by atoms with van der Waals surface area (Å²) in [5.41, 5.74) is 1.35. The summed E-state index contributed by atoms with van der Waals surface area (Å²) < 4.78 is 0. The highest BCUT2D eigenvalue weighted by Crippen LogP contribution is 2.18. The number of hydrogen-bond donors (Lipinski definition) is 1. The van der Waals surface area contributed by atoms with Crippen LogP contribution in [0.1, 0.15) is 18.9 Å². The molecule has 0 aromatic heterocycles. The van der Waals surface area contributed by atoms with E-state index in [0.717, 1.165) is 45.7 Å². The molecule has 1 aromatic rings. The molecule has 4 heteroatoms. The van der Waals surface area contributed by atoms with E-state index in [1.54, 1.807) is 0 Å². The Kier molecular flexibility index (Phi) is 4.56. The van der Waals surface area contributed by atoms with Crippen molar-refractivity contribution >= 4 is 5.91 Å². The summed E-state index contributed by atoms with van der Waals surface area (Å²) in [6, 6.07) is 10.9. The molecular weight excluding hydrogens is 262 g/mol. The van der Waals surface area contributed by atoms with Crippen LogP contribution in [0.25, 0.3) is 0 Å². The van der Waals surface area contributed by atoms with Crippen LogP contribution in [0.4, 0.5) is 0 Å². The van der Waals surface area contributed by atoms with Crippen LogP contribution in [-0.2, 0) is 11.3 Å². The second-order valence-electron chi connectivity index (χ2n) is 6.29. The van der Waals surface area contributed by atoms with Crippen molar-refractivity contribution in [1.82, 2.24) is 15.1 Å². The molecule has 0 saturated carbocycles. The normalized spacial score (nSPS) is 27.0. The van der Waals surface area contributed by atoms with Crippen molar-refractivity contribution in [2.24, 2.45) is 5.92 Å². The van der Waals surface area contributed by atoms with Gasteiger partial charge in [0.05, 0.1) is 5.92 Å². The van der Waals surface area contributed by atoms with Gasteiger partial charge in [-0.1, -0.05) is 30.3 Å². The topological polar surface area (TPSA) is 35.6 Å². The number of nitrogens with zero attached hydrogens (tertiary/aromatic N) is 2. The molecule has 2 atom stereocenters. The summed E-state index contributed by atoms with van der Waals surface area (Å²) in [5.74, 6) is 0.556. The highest BCUT2D eigenvalue weighted by Gasteiger charge is 2.32. The zero-order valence-corrected chi connectivity index (χ0v) is 12.8. The fourth-order valence-electron chi connectivity index (χ4n) is 3.45. The molecule has 2 fully saturated rings. The van der Waals surface area contributed by atoms with Gasteiger partial charge < -0.3 is 10.2 Å². The molecule has 1 amide bonds. The molecule has 0 bridgehead atoms. The number of carbonyl (C=O) groups is 1. The van der Waals surface area contributed by atoms with Crippen LogP contribution < -0.4 is 5.32 Å². The Bertz CT molecular complexity index is 470. The van der Waals surface area contributed by atoms with Crippen LogP contribution in [-0.4, -0.2) is 54.5 Å². The van der Waals surface area contributed by atoms with E-state index in [-0.39, 0.29) is 5.92 Å². The average Bonchev–Trinajstić information content (AvgIpc) is 3.02. The van der Waals surface area contributed by atoms with Crippen molar-refractivity contribution < 1.29 is 4.79 Å². The van der Waals surface area contributed by atoms with E-state index >= 15 is 0 Å². The smallest absolute Gasteiger partial charge is 0.227 e. The van der Waals surface area contributed by atoms with Gasteiger partial charge in [0, 0.05) is 38.8 Å². The van der Waals surface area contributed by atoms with E-state index in [1.807, 2.05) is 0 Å². The maximum atomic E-state index is 12.5. The van der Waals surface area contributed by atoms with Gasteiger partial charge in [0.1, 0.15) is 0 Å².